The Labute approximate surface area is 101 Å². The van der Waals surface area contributed by atoms with Crippen molar-refractivity contribution in [3.05, 3.63) is 30.1 Å². The van der Waals surface area contributed by atoms with E-state index >= 15 is 0 Å². The number of fused-ring (bicyclic) bond motifs is 2. The van der Waals surface area contributed by atoms with Gasteiger partial charge in [0.1, 0.15) is 5.78 Å². The van der Waals surface area contributed by atoms with E-state index in [1.165, 1.54) is 19.3 Å². The lowest BCUT2D eigenvalue weighted by Gasteiger charge is -2.26. The SMILES string of the molecule is NC1C2CCC(C2)C1C(=O)Cc1cccnc1. The number of Topliss-reactive ketones (excluding diaryl/α,β-unsaturated/α-hetero) is 1. The second-order valence-electron chi connectivity index (χ2n) is 5.44. The highest BCUT2D eigenvalue weighted by Gasteiger charge is 2.48. The number of nitrogens with two attached hydrogens (primary N) is 1. The summed E-state index contributed by atoms with van der Waals surface area (Å²) in [6.07, 6.45) is 7.60. The molecular weight excluding hydrogens is 212 g/mol. The molecule has 0 saturated heterocycles. The molecule has 2 bridgehead atoms. The number of carbonyl (C=O) groups is 1. The van der Waals surface area contributed by atoms with E-state index in [1.807, 2.05) is 12.1 Å². The topological polar surface area (TPSA) is 56.0 Å². The standard InChI is InChI=1S/C14H18N2O/c15-14-11-4-3-10(7-11)13(14)12(17)6-9-2-1-5-16-8-9/h1-2,5,8,10-11,13-14H,3-4,6-7,15H2. The normalized spacial score (nSPS) is 35.1. The fourth-order valence-electron chi connectivity index (χ4n) is 3.64. The zero-order valence-corrected chi connectivity index (χ0v) is 9.88. The van der Waals surface area contributed by atoms with Crippen LogP contribution in [0.15, 0.2) is 24.5 Å². The molecule has 3 rings (SSSR count). The van der Waals surface area contributed by atoms with Gasteiger partial charge in [-0.3, -0.25) is 9.78 Å². The molecule has 2 saturated carbocycles. The van der Waals surface area contributed by atoms with Crippen molar-refractivity contribution in [2.24, 2.45) is 23.5 Å². The molecule has 0 aromatic carbocycles. The Morgan fingerprint density at radius 1 is 1.41 bits per heavy atom. The molecule has 2 N–H and O–H groups in total. The van der Waals surface area contributed by atoms with Crippen molar-refractivity contribution in [1.82, 2.24) is 4.98 Å². The van der Waals surface area contributed by atoms with Crippen molar-refractivity contribution in [3.63, 3.8) is 0 Å². The molecule has 3 heteroatoms. The largest absolute Gasteiger partial charge is 0.327 e. The molecule has 2 fully saturated rings. The van der Waals surface area contributed by atoms with Crippen LogP contribution in [0.3, 0.4) is 0 Å². The van der Waals surface area contributed by atoms with Crippen molar-refractivity contribution >= 4 is 5.78 Å². The first-order chi connectivity index (χ1) is 8.25. The van der Waals surface area contributed by atoms with Crippen LogP contribution in [0, 0.1) is 17.8 Å². The highest BCUT2D eigenvalue weighted by Crippen LogP contribution is 2.48. The zero-order chi connectivity index (χ0) is 11.8. The van der Waals surface area contributed by atoms with Crippen LogP contribution >= 0.6 is 0 Å². The third-order valence-corrected chi connectivity index (χ3v) is 4.45. The lowest BCUT2D eigenvalue weighted by atomic mass is 9.80. The molecule has 4 unspecified atom stereocenters. The second-order valence-corrected chi connectivity index (χ2v) is 5.44. The van der Waals surface area contributed by atoms with E-state index in [0.29, 0.717) is 24.0 Å². The number of hydrogen-bond acceptors (Lipinski definition) is 3. The fraction of sp³-hybridized carbons (Fsp3) is 0.571. The van der Waals surface area contributed by atoms with E-state index in [9.17, 15) is 4.79 Å². The predicted molar refractivity (Wildman–Crippen MR) is 65.2 cm³/mol. The van der Waals surface area contributed by atoms with E-state index in [0.717, 1.165) is 5.56 Å². The van der Waals surface area contributed by atoms with E-state index in [2.05, 4.69) is 4.98 Å². The van der Waals surface area contributed by atoms with Crippen LogP contribution in [0.4, 0.5) is 0 Å². The molecule has 90 valence electrons. The Morgan fingerprint density at radius 2 is 2.24 bits per heavy atom. The number of aromatic nitrogens is 1. The van der Waals surface area contributed by atoms with Gasteiger partial charge in [-0.1, -0.05) is 6.07 Å². The maximum Gasteiger partial charge on any atom is 0.142 e. The van der Waals surface area contributed by atoms with Gasteiger partial charge in [0, 0.05) is 30.8 Å². The zero-order valence-electron chi connectivity index (χ0n) is 9.88. The Hall–Kier alpha value is -1.22. The lowest BCUT2D eigenvalue weighted by molar-refractivity contribution is -0.124. The minimum absolute atomic E-state index is 0.106. The maximum absolute atomic E-state index is 12.3. The van der Waals surface area contributed by atoms with Gasteiger partial charge in [0.2, 0.25) is 0 Å². The number of hydrogen-bond donors (Lipinski definition) is 1. The number of carbonyl (C=O) groups excluding carboxylic acids is 1. The summed E-state index contributed by atoms with van der Waals surface area (Å²) < 4.78 is 0. The van der Waals surface area contributed by atoms with Crippen LogP contribution in [-0.4, -0.2) is 16.8 Å². The molecule has 1 aromatic rings. The van der Waals surface area contributed by atoms with Crippen LogP contribution in [-0.2, 0) is 11.2 Å². The van der Waals surface area contributed by atoms with Crippen LogP contribution in [0.25, 0.3) is 0 Å². The summed E-state index contributed by atoms with van der Waals surface area (Å²) in [6.45, 7) is 0. The monoisotopic (exact) mass is 230 g/mol. The first-order valence-corrected chi connectivity index (χ1v) is 6.43. The third-order valence-electron chi connectivity index (χ3n) is 4.45. The van der Waals surface area contributed by atoms with Gasteiger partial charge in [-0.05, 0) is 42.7 Å². The molecule has 17 heavy (non-hydrogen) atoms. The van der Waals surface area contributed by atoms with E-state index < -0.39 is 0 Å². The minimum Gasteiger partial charge on any atom is -0.327 e. The van der Waals surface area contributed by atoms with Crippen LogP contribution < -0.4 is 5.73 Å². The van der Waals surface area contributed by atoms with Crippen molar-refractivity contribution < 1.29 is 4.79 Å². The summed E-state index contributed by atoms with van der Waals surface area (Å²) in [5.74, 6) is 1.58. The van der Waals surface area contributed by atoms with Gasteiger partial charge < -0.3 is 5.73 Å². The summed E-state index contributed by atoms with van der Waals surface area (Å²) >= 11 is 0. The summed E-state index contributed by atoms with van der Waals surface area (Å²) in [7, 11) is 0. The van der Waals surface area contributed by atoms with Crippen molar-refractivity contribution in [2.45, 2.75) is 31.7 Å². The van der Waals surface area contributed by atoms with Crippen molar-refractivity contribution in [3.8, 4) is 0 Å². The Kier molecular flexibility index (Phi) is 2.71. The molecule has 1 heterocycles. The van der Waals surface area contributed by atoms with Gasteiger partial charge in [0.15, 0.2) is 0 Å². The van der Waals surface area contributed by atoms with Gasteiger partial charge in [0.05, 0.1) is 0 Å². The summed E-state index contributed by atoms with van der Waals surface area (Å²) in [6, 6.07) is 3.95. The molecule has 0 amide bonds. The highest BCUT2D eigenvalue weighted by molar-refractivity contribution is 5.84. The van der Waals surface area contributed by atoms with Gasteiger partial charge in [-0.25, -0.2) is 0 Å². The predicted octanol–water partition coefficient (Wildman–Crippen LogP) is 1.57. The maximum atomic E-state index is 12.3. The average Bonchev–Trinajstić information content (AvgIpc) is 2.90. The Morgan fingerprint density at radius 3 is 2.88 bits per heavy atom. The number of pyridine rings is 1. The lowest BCUT2D eigenvalue weighted by Crippen LogP contribution is -2.40. The Bertz CT molecular complexity index is 415. The molecule has 3 nitrogen and oxygen atoms in total. The number of nitrogens with zero attached hydrogens (tertiary/aromatic N) is 1. The van der Waals surface area contributed by atoms with Crippen LogP contribution in [0.5, 0.6) is 0 Å². The molecule has 2 aliphatic carbocycles. The van der Waals surface area contributed by atoms with Gasteiger partial charge >= 0.3 is 0 Å². The van der Waals surface area contributed by atoms with E-state index in [4.69, 9.17) is 5.73 Å². The summed E-state index contributed by atoms with van der Waals surface area (Å²) in [5.41, 5.74) is 7.19. The molecule has 2 aliphatic rings. The summed E-state index contributed by atoms with van der Waals surface area (Å²) in [4.78, 5) is 16.4. The van der Waals surface area contributed by atoms with Crippen LogP contribution in [0.2, 0.25) is 0 Å². The number of ketones is 1. The molecule has 4 atom stereocenters. The average molecular weight is 230 g/mol. The van der Waals surface area contributed by atoms with E-state index in [1.54, 1.807) is 12.4 Å². The molecule has 0 spiro atoms. The summed E-state index contributed by atoms with van der Waals surface area (Å²) in [5, 5.41) is 0. The van der Waals surface area contributed by atoms with Gasteiger partial charge in [-0.2, -0.15) is 0 Å². The molecule has 1 aromatic heterocycles. The number of rotatable bonds is 3. The van der Waals surface area contributed by atoms with Gasteiger partial charge in [-0.15, -0.1) is 0 Å². The first-order valence-electron chi connectivity index (χ1n) is 6.43. The Balaban J connectivity index is 1.71. The van der Waals surface area contributed by atoms with Crippen molar-refractivity contribution in [2.75, 3.05) is 0 Å². The second kappa shape index (κ2) is 4.22. The molecule has 0 radical (unpaired) electrons. The smallest absolute Gasteiger partial charge is 0.142 e. The van der Waals surface area contributed by atoms with Gasteiger partial charge in [0.25, 0.3) is 0 Å². The third kappa shape index (κ3) is 1.89. The fourth-order valence-corrected chi connectivity index (χ4v) is 3.64. The van der Waals surface area contributed by atoms with E-state index in [-0.39, 0.29) is 12.0 Å². The van der Waals surface area contributed by atoms with Crippen LogP contribution in [0.1, 0.15) is 24.8 Å². The minimum atomic E-state index is 0.106. The molecular formula is C14H18N2O. The van der Waals surface area contributed by atoms with Crippen molar-refractivity contribution in [1.29, 1.82) is 0 Å². The molecule has 0 aliphatic heterocycles. The first kappa shape index (κ1) is 10.9. The highest BCUT2D eigenvalue weighted by atomic mass is 16.1. The quantitative estimate of drug-likeness (QED) is 0.857.